The fraction of sp³-hybridized carbons (Fsp3) is 1.00. The second-order valence-electron chi connectivity index (χ2n) is 5.13. The first-order chi connectivity index (χ1) is 6.59. The molecule has 2 heterocycles. The summed E-state index contributed by atoms with van der Waals surface area (Å²) in [5.41, 5.74) is -0.343. The maximum atomic E-state index is 10.0. The number of hydrogen-bond acceptors (Lipinski definition) is 3. The molecule has 2 unspecified atom stereocenters. The van der Waals surface area contributed by atoms with Crippen molar-refractivity contribution < 1.29 is 9.84 Å². The summed E-state index contributed by atoms with van der Waals surface area (Å²) in [4.78, 5) is 2.44. The zero-order valence-corrected chi connectivity index (χ0v) is 9.20. The van der Waals surface area contributed by atoms with Gasteiger partial charge in [0.05, 0.1) is 18.3 Å². The van der Waals surface area contributed by atoms with Gasteiger partial charge in [-0.1, -0.05) is 0 Å². The molecule has 0 aromatic carbocycles. The molecular weight excluding hydrogens is 178 g/mol. The van der Waals surface area contributed by atoms with Crippen LogP contribution in [0.2, 0.25) is 0 Å². The first-order valence-electron chi connectivity index (χ1n) is 5.64. The first kappa shape index (κ1) is 10.4. The molecule has 0 radical (unpaired) electrons. The van der Waals surface area contributed by atoms with Gasteiger partial charge in [-0.2, -0.15) is 0 Å². The molecular formula is C11H21NO2. The molecule has 3 nitrogen and oxygen atoms in total. The number of likely N-dealkylation sites (tertiary alicyclic amines) is 1. The average Bonchev–Trinajstić information content (AvgIpc) is 2.70. The van der Waals surface area contributed by atoms with Crippen LogP contribution in [-0.4, -0.2) is 48.0 Å². The van der Waals surface area contributed by atoms with Crippen LogP contribution < -0.4 is 0 Å². The Hall–Kier alpha value is -0.120. The molecule has 82 valence electrons. The van der Waals surface area contributed by atoms with E-state index in [1.54, 1.807) is 0 Å². The van der Waals surface area contributed by atoms with Crippen LogP contribution >= 0.6 is 0 Å². The summed E-state index contributed by atoms with van der Waals surface area (Å²) in [7, 11) is 0. The molecule has 0 aromatic heterocycles. The van der Waals surface area contributed by atoms with Gasteiger partial charge in [0.15, 0.2) is 0 Å². The molecule has 2 aliphatic heterocycles. The average molecular weight is 199 g/mol. The quantitative estimate of drug-likeness (QED) is 0.716. The third-order valence-corrected chi connectivity index (χ3v) is 3.52. The van der Waals surface area contributed by atoms with Crippen LogP contribution in [0.4, 0.5) is 0 Å². The van der Waals surface area contributed by atoms with E-state index >= 15 is 0 Å². The van der Waals surface area contributed by atoms with Gasteiger partial charge >= 0.3 is 0 Å². The zero-order chi connectivity index (χ0) is 10.2. The van der Waals surface area contributed by atoms with E-state index in [-0.39, 0.29) is 11.7 Å². The van der Waals surface area contributed by atoms with E-state index in [2.05, 4.69) is 4.90 Å². The topological polar surface area (TPSA) is 32.7 Å². The van der Waals surface area contributed by atoms with Crippen molar-refractivity contribution in [2.45, 2.75) is 38.4 Å². The van der Waals surface area contributed by atoms with E-state index in [9.17, 15) is 5.11 Å². The lowest BCUT2D eigenvalue weighted by Crippen LogP contribution is -2.39. The molecule has 3 heteroatoms. The Kier molecular flexibility index (Phi) is 2.82. The molecule has 2 atom stereocenters. The Morgan fingerprint density at radius 2 is 2.00 bits per heavy atom. The van der Waals surface area contributed by atoms with Gasteiger partial charge in [0.25, 0.3) is 0 Å². The largest absolute Gasteiger partial charge is 0.390 e. The molecule has 14 heavy (non-hydrogen) atoms. The Bertz CT molecular complexity index is 199. The first-order valence-corrected chi connectivity index (χ1v) is 5.64. The predicted molar refractivity (Wildman–Crippen MR) is 55.2 cm³/mol. The van der Waals surface area contributed by atoms with Gasteiger partial charge in [-0.25, -0.2) is 0 Å². The number of aliphatic hydroxyl groups excluding tert-OH is 1. The van der Waals surface area contributed by atoms with Crippen LogP contribution in [0.3, 0.4) is 0 Å². The minimum atomic E-state index is -0.343. The lowest BCUT2D eigenvalue weighted by Gasteiger charge is -2.25. The van der Waals surface area contributed by atoms with Crippen molar-refractivity contribution in [3.05, 3.63) is 0 Å². The van der Waals surface area contributed by atoms with E-state index in [1.807, 2.05) is 13.8 Å². The summed E-state index contributed by atoms with van der Waals surface area (Å²) in [5, 5.41) is 10.0. The van der Waals surface area contributed by atoms with Gasteiger partial charge in [-0.3, -0.25) is 0 Å². The smallest absolute Gasteiger partial charge is 0.0888 e. The van der Waals surface area contributed by atoms with Gasteiger partial charge in [0.2, 0.25) is 0 Å². The number of hydrogen-bond donors (Lipinski definition) is 1. The molecule has 0 saturated carbocycles. The fourth-order valence-electron chi connectivity index (χ4n) is 2.52. The van der Waals surface area contributed by atoms with Gasteiger partial charge in [-0.05, 0) is 39.8 Å². The second kappa shape index (κ2) is 3.80. The Labute approximate surface area is 86.0 Å². The lowest BCUT2D eigenvalue weighted by molar-refractivity contribution is -0.0318. The molecule has 0 spiro atoms. The third kappa shape index (κ3) is 1.95. The fourth-order valence-corrected chi connectivity index (χ4v) is 2.52. The van der Waals surface area contributed by atoms with Gasteiger partial charge in [-0.15, -0.1) is 0 Å². The second-order valence-corrected chi connectivity index (χ2v) is 5.13. The van der Waals surface area contributed by atoms with Crippen molar-refractivity contribution >= 4 is 0 Å². The molecule has 2 fully saturated rings. The number of rotatable bonds is 2. The number of nitrogens with zero attached hydrogens (tertiary/aromatic N) is 1. The standard InChI is InChI=1S/C11H21NO2/c1-11(2)10(13)9(8-14-11)7-12-5-3-4-6-12/h9-10,13H,3-8H2,1-2H3. The van der Waals surface area contributed by atoms with E-state index in [1.165, 1.54) is 25.9 Å². The maximum absolute atomic E-state index is 10.0. The zero-order valence-electron chi connectivity index (χ0n) is 9.20. The van der Waals surface area contributed by atoms with Crippen LogP contribution in [0.25, 0.3) is 0 Å². The molecule has 0 amide bonds. The highest BCUT2D eigenvalue weighted by atomic mass is 16.5. The van der Waals surface area contributed by atoms with Gasteiger partial charge in [0, 0.05) is 12.5 Å². The third-order valence-electron chi connectivity index (χ3n) is 3.52. The van der Waals surface area contributed by atoms with Gasteiger partial charge < -0.3 is 14.7 Å². The summed E-state index contributed by atoms with van der Waals surface area (Å²) < 4.78 is 5.60. The van der Waals surface area contributed by atoms with Crippen molar-refractivity contribution in [2.24, 2.45) is 5.92 Å². The van der Waals surface area contributed by atoms with Crippen molar-refractivity contribution in [1.29, 1.82) is 0 Å². The minimum Gasteiger partial charge on any atom is -0.390 e. The monoisotopic (exact) mass is 199 g/mol. The molecule has 0 bridgehead atoms. The molecule has 1 N–H and O–H groups in total. The lowest BCUT2D eigenvalue weighted by atomic mass is 9.93. The van der Waals surface area contributed by atoms with Crippen LogP contribution in [0, 0.1) is 5.92 Å². The van der Waals surface area contributed by atoms with Crippen LogP contribution in [0.5, 0.6) is 0 Å². The van der Waals surface area contributed by atoms with Crippen molar-refractivity contribution in [3.8, 4) is 0 Å². The van der Waals surface area contributed by atoms with Crippen LogP contribution in [0.15, 0.2) is 0 Å². The minimum absolute atomic E-state index is 0.303. The highest BCUT2D eigenvalue weighted by molar-refractivity contribution is 4.92. The predicted octanol–water partition coefficient (Wildman–Crippen LogP) is 0.868. The van der Waals surface area contributed by atoms with Gasteiger partial charge in [0.1, 0.15) is 0 Å². The summed E-state index contributed by atoms with van der Waals surface area (Å²) in [6, 6.07) is 0. The summed E-state index contributed by atoms with van der Waals surface area (Å²) in [5.74, 6) is 0.308. The summed E-state index contributed by atoms with van der Waals surface area (Å²) in [6.07, 6.45) is 2.32. The molecule has 2 aliphatic rings. The van der Waals surface area contributed by atoms with E-state index in [0.717, 1.165) is 6.54 Å². The molecule has 2 saturated heterocycles. The Balaban J connectivity index is 1.87. The summed E-state index contributed by atoms with van der Waals surface area (Å²) in [6.45, 7) is 8.06. The van der Waals surface area contributed by atoms with E-state index in [4.69, 9.17) is 4.74 Å². The SMILES string of the molecule is CC1(C)OCC(CN2CCCC2)C1O. The Morgan fingerprint density at radius 3 is 2.50 bits per heavy atom. The van der Waals surface area contributed by atoms with Crippen molar-refractivity contribution in [2.75, 3.05) is 26.2 Å². The highest BCUT2D eigenvalue weighted by Gasteiger charge is 2.42. The molecule has 2 rings (SSSR count). The highest BCUT2D eigenvalue weighted by Crippen LogP contribution is 2.30. The van der Waals surface area contributed by atoms with Crippen LogP contribution in [-0.2, 0) is 4.74 Å². The number of aliphatic hydroxyl groups is 1. The summed E-state index contributed by atoms with van der Waals surface area (Å²) >= 11 is 0. The maximum Gasteiger partial charge on any atom is 0.0888 e. The van der Waals surface area contributed by atoms with Crippen molar-refractivity contribution in [3.63, 3.8) is 0 Å². The number of ether oxygens (including phenoxy) is 1. The Morgan fingerprint density at radius 1 is 1.36 bits per heavy atom. The van der Waals surface area contributed by atoms with E-state index < -0.39 is 0 Å². The molecule has 0 aromatic rings. The molecule has 0 aliphatic carbocycles. The normalized spacial score (nSPS) is 37.9. The van der Waals surface area contributed by atoms with Crippen LogP contribution in [0.1, 0.15) is 26.7 Å². The van der Waals surface area contributed by atoms with E-state index in [0.29, 0.717) is 12.5 Å². The van der Waals surface area contributed by atoms with Crippen molar-refractivity contribution in [1.82, 2.24) is 4.90 Å².